The average molecular weight is 458 g/mol. The van der Waals surface area contributed by atoms with Gasteiger partial charge in [-0.3, -0.25) is 9.89 Å². The highest BCUT2D eigenvalue weighted by Crippen LogP contribution is 2.19. The highest BCUT2D eigenvalue weighted by atomic mass is 19.1. The predicted octanol–water partition coefficient (Wildman–Crippen LogP) is 4.41. The maximum absolute atomic E-state index is 13.4. The number of rotatable bonds is 11. The van der Waals surface area contributed by atoms with Gasteiger partial charge in [-0.2, -0.15) is 5.10 Å². The Hall–Kier alpha value is -2.90. The summed E-state index contributed by atoms with van der Waals surface area (Å²) in [5, 5.41) is 13.2. The minimum Gasteiger partial charge on any atom is -0.353 e. The van der Waals surface area contributed by atoms with E-state index in [1.165, 1.54) is 31.4 Å². The van der Waals surface area contributed by atoms with Crippen LogP contribution >= 0.6 is 0 Å². The first-order chi connectivity index (χ1) is 16.0. The van der Waals surface area contributed by atoms with Gasteiger partial charge in [-0.15, -0.1) is 0 Å². The van der Waals surface area contributed by atoms with Gasteiger partial charge in [0, 0.05) is 43.9 Å². The number of aromatic nitrogens is 2. The lowest BCUT2D eigenvalue weighted by molar-refractivity contribution is -0.121. The summed E-state index contributed by atoms with van der Waals surface area (Å²) in [7, 11) is 1.78. The quantitative estimate of drug-likeness (QED) is 0.437. The number of nitrogens with zero attached hydrogens (tertiary/aromatic N) is 2. The van der Waals surface area contributed by atoms with E-state index in [9.17, 15) is 14.0 Å². The lowest BCUT2D eigenvalue weighted by atomic mass is 9.95. The summed E-state index contributed by atoms with van der Waals surface area (Å²) in [5.41, 5.74) is 2.52. The topological polar surface area (TPSA) is 90.1 Å². The third kappa shape index (κ3) is 8.51. The van der Waals surface area contributed by atoms with Crippen LogP contribution < -0.4 is 10.6 Å². The Labute approximate surface area is 195 Å². The predicted molar refractivity (Wildman–Crippen MR) is 127 cm³/mol. The maximum atomic E-state index is 13.4. The number of aryl methyl sites for hydroxylation is 1. The maximum Gasteiger partial charge on any atom is 0.317 e. The van der Waals surface area contributed by atoms with E-state index >= 15 is 0 Å². The summed E-state index contributed by atoms with van der Waals surface area (Å²) in [5.74, 6) is -0.253. The molecule has 0 saturated heterocycles. The van der Waals surface area contributed by atoms with Crippen molar-refractivity contribution in [3.63, 3.8) is 0 Å². The molecule has 1 fully saturated rings. The standard InChI is InChI=1S/C25H36FN5O2/c1-31(25(33)27-15-14-24(32)28-21-11-4-2-5-12-21)16-7-3-6-13-22-18-23(30-29-22)19-9-8-10-20(26)17-19/h8-10,17-18,21H,2-7,11-16H2,1H3,(H,27,33)(H,28,32)(H,29,30). The van der Waals surface area contributed by atoms with Crippen molar-refractivity contribution in [1.29, 1.82) is 0 Å². The molecule has 1 aromatic carbocycles. The molecule has 180 valence electrons. The Kier molecular flexibility index (Phi) is 9.72. The second-order valence-electron chi connectivity index (χ2n) is 8.91. The second-order valence-corrected chi connectivity index (χ2v) is 8.91. The van der Waals surface area contributed by atoms with Crippen molar-refractivity contribution in [2.24, 2.45) is 0 Å². The van der Waals surface area contributed by atoms with Crippen LogP contribution in [-0.2, 0) is 11.2 Å². The zero-order valence-electron chi connectivity index (χ0n) is 19.5. The number of carbonyl (C=O) groups excluding carboxylic acids is 2. The van der Waals surface area contributed by atoms with Crippen molar-refractivity contribution in [3.05, 3.63) is 41.8 Å². The van der Waals surface area contributed by atoms with E-state index in [2.05, 4.69) is 20.8 Å². The molecule has 7 nitrogen and oxygen atoms in total. The van der Waals surface area contributed by atoms with Crippen LogP contribution in [0.2, 0.25) is 0 Å². The molecule has 2 aromatic rings. The number of aromatic amines is 1. The smallest absolute Gasteiger partial charge is 0.317 e. The third-order valence-corrected chi connectivity index (χ3v) is 6.14. The van der Waals surface area contributed by atoms with Gasteiger partial charge in [0.1, 0.15) is 5.82 Å². The molecule has 1 aliphatic rings. The Morgan fingerprint density at radius 2 is 1.97 bits per heavy atom. The fourth-order valence-corrected chi connectivity index (χ4v) is 4.19. The van der Waals surface area contributed by atoms with E-state index in [1.807, 2.05) is 12.1 Å². The molecule has 1 aromatic heterocycles. The van der Waals surface area contributed by atoms with Gasteiger partial charge in [0.2, 0.25) is 5.91 Å². The minimum absolute atomic E-state index is 0.0178. The lowest BCUT2D eigenvalue weighted by Gasteiger charge is -2.23. The van der Waals surface area contributed by atoms with Crippen LogP contribution in [0.5, 0.6) is 0 Å². The molecular weight excluding hydrogens is 421 g/mol. The van der Waals surface area contributed by atoms with E-state index in [1.54, 1.807) is 18.0 Å². The van der Waals surface area contributed by atoms with Crippen molar-refractivity contribution in [3.8, 4) is 11.3 Å². The summed E-state index contributed by atoms with van der Waals surface area (Å²) in [6.07, 6.45) is 9.79. The molecule has 0 bridgehead atoms. The number of amides is 3. The Balaban J connectivity index is 1.24. The van der Waals surface area contributed by atoms with Gasteiger partial charge in [0.15, 0.2) is 0 Å². The van der Waals surface area contributed by atoms with E-state index in [0.29, 0.717) is 25.6 Å². The van der Waals surface area contributed by atoms with Crippen LogP contribution in [0.15, 0.2) is 30.3 Å². The number of hydrogen-bond acceptors (Lipinski definition) is 3. The van der Waals surface area contributed by atoms with Crippen LogP contribution in [0.3, 0.4) is 0 Å². The summed E-state index contributed by atoms with van der Waals surface area (Å²) in [6.45, 7) is 1.02. The molecule has 3 rings (SSSR count). The number of carbonyl (C=O) groups is 2. The van der Waals surface area contributed by atoms with Crippen molar-refractivity contribution in [2.75, 3.05) is 20.1 Å². The molecule has 0 atom stereocenters. The van der Waals surface area contributed by atoms with Crippen LogP contribution in [-0.4, -0.2) is 53.2 Å². The summed E-state index contributed by atoms with van der Waals surface area (Å²) in [6, 6.07) is 8.53. The Morgan fingerprint density at radius 3 is 2.76 bits per heavy atom. The fraction of sp³-hybridized carbons (Fsp3) is 0.560. The number of unbranched alkanes of at least 4 members (excludes halogenated alkanes) is 2. The van der Waals surface area contributed by atoms with Crippen LogP contribution in [0.4, 0.5) is 9.18 Å². The van der Waals surface area contributed by atoms with Crippen molar-refractivity contribution in [2.45, 2.75) is 70.3 Å². The molecule has 1 aliphatic carbocycles. The molecule has 3 amide bonds. The van der Waals surface area contributed by atoms with Gasteiger partial charge in [0.05, 0.1) is 5.69 Å². The number of nitrogens with one attached hydrogen (secondary N) is 3. The lowest BCUT2D eigenvalue weighted by Crippen LogP contribution is -2.41. The molecule has 0 radical (unpaired) electrons. The summed E-state index contributed by atoms with van der Waals surface area (Å²) >= 11 is 0. The number of H-pyrrole nitrogens is 1. The van der Waals surface area contributed by atoms with E-state index in [4.69, 9.17) is 0 Å². The van der Waals surface area contributed by atoms with Gasteiger partial charge < -0.3 is 15.5 Å². The molecule has 3 N–H and O–H groups in total. The molecule has 0 unspecified atom stereocenters. The highest BCUT2D eigenvalue weighted by molar-refractivity contribution is 5.78. The minimum atomic E-state index is -0.270. The van der Waals surface area contributed by atoms with Gasteiger partial charge in [-0.25, -0.2) is 9.18 Å². The van der Waals surface area contributed by atoms with Crippen LogP contribution in [0, 0.1) is 5.82 Å². The van der Waals surface area contributed by atoms with E-state index in [-0.39, 0.29) is 17.8 Å². The Bertz CT molecular complexity index is 894. The molecule has 33 heavy (non-hydrogen) atoms. The first-order valence-electron chi connectivity index (χ1n) is 12.1. The van der Waals surface area contributed by atoms with Gasteiger partial charge in [-0.05, 0) is 50.3 Å². The molecule has 8 heteroatoms. The second kappa shape index (κ2) is 13.0. The average Bonchev–Trinajstić information content (AvgIpc) is 3.28. The van der Waals surface area contributed by atoms with Crippen LogP contribution in [0.1, 0.15) is 63.5 Å². The van der Waals surface area contributed by atoms with Gasteiger partial charge >= 0.3 is 6.03 Å². The van der Waals surface area contributed by atoms with Crippen LogP contribution in [0.25, 0.3) is 11.3 Å². The highest BCUT2D eigenvalue weighted by Gasteiger charge is 2.16. The Morgan fingerprint density at radius 1 is 1.15 bits per heavy atom. The number of halogens is 1. The fourth-order valence-electron chi connectivity index (χ4n) is 4.19. The first-order valence-corrected chi connectivity index (χ1v) is 12.1. The van der Waals surface area contributed by atoms with Gasteiger partial charge in [-0.1, -0.05) is 37.8 Å². The molecule has 1 saturated carbocycles. The molecule has 0 spiro atoms. The zero-order chi connectivity index (χ0) is 23.5. The first kappa shape index (κ1) is 24.7. The van der Waals surface area contributed by atoms with Crippen molar-refractivity contribution < 1.29 is 14.0 Å². The number of hydrogen-bond donors (Lipinski definition) is 3. The monoisotopic (exact) mass is 457 g/mol. The SMILES string of the molecule is CN(CCCCCc1cc(-c2cccc(F)c2)n[nH]1)C(=O)NCCC(=O)NC1CCCCC1. The zero-order valence-corrected chi connectivity index (χ0v) is 19.5. The van der Waals surface area contributed by atoms with Crippen molar-refractivity contribution in [1.82, 2.24) is 25.7 Å². The third-order valence-electron chi connectivity index (χ3n) is 6.14. The number of benzene rings is 1. The van der Waals surface area contributed by atoms with Gasteiger partial charge in [0.25, 0.3) is 0 Å². The molecule has 1 heterocycles. The summed E-state index contributed by atoms with van der Waals surface area (Å²) in [4.78, 5) is 25.9. The molecule has 0 aliphatic heterocycles. The van der Waals surface area contributed by atoms with Crippen molar-refractivity contribution >= 4 is 11.9 Å². The van der Waals surface area contributed by atoms with E-state index < -0.39 is 0 Å². The largest absolute Gasteiger partial charge is 0.353 e. The summed E-state index contributed by atoms with van der Waals surface area (Å²) < 4.78 is 13.4. The number of urea groups is 1. The molecular formula is C25H36FN5O2. The van der Waals surface area contributed by atoms with E-state index in [0.717, 1.165) is 55.5 Å². The normalized spacial score (nSPS) is 14.1.